The monoisotopic (exact) mass is 480 g/mol. The lowest BCUT2D eigenvalue weighted by Crippen LogP contribution is -2.57. The Morgan fingerprint density at radius 2 is 1.79 bits per heavy atom. The third kappa shape index (κ3) is 5.14. The number of ether oxygens (including phenoxy) is 1. The highest BCUT2D eigenvalue weighted by Gasteiger charge is 2.38. The molecule has 178 valence electrons. The number of amides is 2. The number of benzene rings is 1. The van der Waals surface area contributed by atoms with Gasteiger partial charge in [0.1, 0.15) is 5.60 Å². The molecule has 34 heavy (non-hydrogen) atoms. The molecule has 1 aromatic carbocycles. The third-order valence-corrected chi connectivity index (χ3v) is 6.08. The first-order valence-electron chi connectivity index (χ1n) is 11.3. The number of rotatable bonds is 2. The lowest BCUT2D eigenvalue weighted by Gasteiger charge is -2.45. The molecule has 2 amide bonds. The van der Waals surface area contributed by atoms with E-state index in [1.807, 2.05) is 64.1 Å². The van der Waals surface area contributed by atoms with Crippen molar-refractivity contribution in [2.24, 2.45) is 0 Å². The van der Waals surface area contributed by atoms with Gasteiger partial charge in [-0.05, 0) is 75.2 Å². The Bertz CT molecular complexity index is 1240. The zero-order valence-corrected chi connectivity index (χ0v) is 20.8. The molecule has 0 aliphatic carbocycles. The molecule has 3 heterocycles. The average Bonchev–Trinajstić information content (AvgIpc) is 2.76. The Kier molecular flexibility index (Phi) is 6.49. The number of hydrogen-bond donors (Lipinski definition) is 0. The van der Waals surface area contributed by atoms with Gasteiger partial charge in [-0.2, -0.15) is 0 Å². The van der Waals surface area contributed by atoms with Crippen LogP contribution in [0, 0.1) is 0 Å². The summed E-state index contributed by atoms with van der Waals surface area (Å²) in [6.45, 7) is 9.72. The number of fused-ring (bicyclic) bond motifs is 1. The van der Waals surface area contributed by atoms with E-state index in [1.165, 1.54) is 0 Å². The molecular formula is C26H29ClN4O3. The minimum Gasteiger partial charge on any atom is -0.444 e. The number of piperazine rings is 1. The van der Waals surface area contributed by atoms with Gasteiger partial charge in [0.25, 0.3) is 0 Å². The van der Waals surface area contributed by atoms with E-state index in [-0.39, 0.29) is 24.1 Å². The Morgan fingerprint density at radius 1 is 1.03 bits per heavy atom. The molecule has 4 rings (SSSR count). The van der Waals surface area contributed by atoms with E-state index in [0.29, 0.717) is 18.1 Å². The van der Waals surface area contributed by atoms with E-state index < -0.39 is 5.60 Å². The fraction of sp³-hybridized carbons (Fsp3) is 0.385. The number of aromatic nitrogens is 2. The van der Waals surface area contributed by atoms with Gasteiger partial charge in [-0.15, -0.1) is 0 Å². The zero-order chi connectivity index (χ0) is 24.6. The van der Waals surface area contributed by atoms with Crippen molar-refractivity contribution in [3.63, 3.8) is 0 Å². The Balaban J connectivity index is 1.72. The Labute approximate surface area is 204 Å². The predicted octanol–water partition coefficient (Wildman–Crippen LogP) is 5.48. The van der Waals surface area contributed by atoms with Crippen LogP contribution in [0.1, 0.15) is 46.2 Å². The standard InChI is InChI=1S/C26H29ClN4O3/c1-16-14-31(17(2)32)24(15-30(16)25(33)34-26(3,4)5)19-9-18(10-21(27)11-19)20-12-23-22(29-13-20)7-6-8-28-23/h6-13,16,24H,14-15H2,1-5H3/t16-,24-/m0/s1. The van der Waals surface area contributed by atoms with Gasteiger partial charge >= 0.3 is 6.09 Å². The highest BCUT2D eigenvalue weighted by molar-refractivity contribution is 6.31. The van der Waals surface area contributed by atoms with E-state index in [4.69, 9.17) is 16.3 Å². The molecule has 8 heteroatoms. The van der Waals surface area contributed by atoms with E-state index in [0.717, 1.165) is 27.7 Å². The summed E-state index contributed by atoms with van der Waals surface area (Å²) < 4.78 is 5.63. The first-order valence-corrected chi connectivity index (χ1v) is 11.7. The number of hydrogen-bond acceptors (Lipinski definition) is 5. The normalized spacial score (nSPS) is 18.8. The van der Waals surface area contributed by atoms with Crippen molar-refractivity contribution in [3.8, 4) is 11.1 Å². The van der Waals surface area contributed by atoms with E-state index >= 15 is 0 Å². The van der Waals surface area contributed by atoms with Crippen LogP contribution in [0.4, 0.5) is 4.79 Å². The van der Waals surface area contributed by atoms with Gasteiger partial charge < -0.3 is 14.5 Å². The zero-order valence-electron chi connectivity index (χ0n) is 20.1. The maximum Gasteiger partial charge on any atom is 0.410 e. The molecule has 0 radical (unpaired) electrons. The van der Waals surface area contributed by atoms with Gasteiger partial charge in [-0.25, -0.2) is 4.79 Å². The lowest BCUT2D eigenvalue weighted by molar-refractivity contribution is -0.135. The van der Waals surface area contributed by atoms with Crippen molar-refractivity contribution in [1.29, 1.82) is 0 Å². The van der Waals surface area contributed by atoms with Crippen molar-refractivity contribution in [3.05, 3.63) is 59.4 Å². The van der Waals surface area contributed by atoms with Crippen molar-refractivity contribution in [2.75, 3.05) is 13.1 Å². The Morgan fingerprint density at radius 3 is 2.50 bits per heavy atom. The molecule has 1 saturated heterocycles. The van der Waals surface area contributed by atoms with Crippen LogP contribution in [0.3, 0.4) is 0 Å². The van der Waals surface area contributed by atoms with Crippen LogP contribution in [0.2, 0.25) is 5.02 Å². The van der Waals surface area contributed by atoms with Gasteiger partial charge in [-0.1, -0.05) is 11.6 Å². The van der Waals surface area contributed by atoms with Gasteiger partial charge in [0, 0.05) is 49.0 Å². The topological polar surface area (TPSA) is 75.6 Å². The van der Waals surface area contributed by atoms with Crippen LogP contribution in [-0.4, -0.2) is 56.5 Å². The minimum atomic E-state index is -0.607. The summed E-state index contributed by atoms with van der Waals surface area (Å²) in [4.78, 5) is 37.9. The molecule has 1 fully saturated rings. The molecule has 2 atom stereocenters. The maximum atomic E-state index is 12.9. The second-order valence-corrected chi connectivity index (χ2v) is 10.1. The quantitative estimate of drug-likeness (QED) is 0.485. The van der Waals surface area contributed by atoms with E-state index in [2.05, 4.69) is 9.97 Å². The Hall–Kier alpha value is -3.19. The lowest BCUT2D eigenvalue weighted by atomic mass is 9.96. The molecule has 0 saturated carbocycles. The summed E-state index contributed by atoms with van der Waals surface area (Å²) >= 11 is 6.53. The molecule has 7 nitrogen and oxygen atoms in total. The van der Waals surface area contributed by atoms with Crippen LogP contribution in [0.5, 0.6) is 0 Å². The summed E-state index contributed by atoms with van der Waals surface area (Å²) in [5.74, 6) is -0.0567. The summed E-state index contributed by atoms with van der Waals surface area (Å²) in [7, 11) is 0. The van der Waals surface area contributed by atoms with Crippen LogP contribution >= 0.6 is 11.6 Å². The summed E-state index contributed by atoms with van der Waals surface area (Å²) in [5.41, 5.74) is 3.58. The van der Waals surface area contributed by atoms with Crippen molar-refractivity contribution in [2.45, 2.75) is 52.3 Å². The van der Waals surface area contributed by atoms with E-state index in [1.54, 1.807) is 29.1 Å². The summed E-state index contributed by atoms with van der Waals surface area (Å²) in [6, 6.07) is 10.9. The molecule has 1 aliphatic rings. The van der Waals surface area contributed by atoms with Gasteiger partial charge in [-0.3, -0.25) is 14.8 Å². The predicted molar refractivity (Wildman–Crippen MR) is 133 cm³/mol. The fourth-order valence-corrected chi connectivity index (χ4v) is 4.51. The molecule has 2 aromatic heterocycles. The smallest absolute Gasteiger partial charge is 0.410 e. The summed E-state index contributed by atoms with van der Waals surface area (Å²) in [5, 5.41) is 0.541. The minimum absolute atomic E-state index is 0.0567. The number of carbonyl (C=O) groups is 2. The number of halogens is 1. The van der Waals surface area contributed by atoms with Crippen molar-refractivity contribution >= 4 is 34.6 Å². The number of carbonyl (C=O) groups excluding carboxylic acids is 2. The fourth-order valence-electron chi connectivity index (χ4n) is 4.27. The molecule has 0 bridgehead atoms. The van der Waals surface area contributed by atoms with Gasteiger partial charge in [0.05, 0.1) is 17.1 Å². The average molecular weight is 481 g/mol. The molecule has 0 spiro atoms. The van der Waals surface area contributed by atoms with Crippen LogP contribution in [-0.2, 0) is 9.53 Å². The number of pyridine rings is 2. The van der Waals surface area contributed by atoms with Crippen LogP contribution < -0.4 is 0 Å². The van der Waals surface area contributed by atoms with Crippen molar-refractivity contribution in [1.82, 2.24) is 19.8 Å². The number of nitrogens with zero attached hydrogens (tertiary/aromatic N) is 4. The second-order valence-electron chi connectivity index (χ2n) is 9.71. The first-order chi connectivity index (χ1) is 16.0. The largest absolute Gasteiger partial charge is 0.444 e. The molecule has 0 unspecified atom stereocenters. The maximum absolute atomic E-state index is 12.9. The first kappa shape index (κ1) is 24.0. The van der Waals surface area contributed by atoms with Gasteiger partial charge in [0.2, 0.25) is 5.91 Å². The van der Waals surface area contributed by atoms with Crippen molar-refractivity contribution < 1.29 is 14.3 Å². The second kappa shape index (κ2) is 9.22. The van der Waals surface area contributed by atoms with E-state index in [9.17, 15) is 9.59 Å². The highest BCUT2D eigenvalue weighted by Crippen LogP contribution is 2.34. The third-order valence-electron chi connectivity index (χ3n) is 5.86. The highest BCUT2D eigenvalue weighted by atomic mass is 35.5. The van der Waals surface area contributed by atoms with Crippen LogP contribution in [0.25, 0.3) is 22.2 Å². The molecular weight excluding hydrogens is 452 g/mol. The van der Waals surface area contributed by atoms with Crippen LogP contribution in [0.15, 0.2) is 48.8 Å². The molecule has 0 N–H and O–H groups in total. The van der Waals surface area contributed by atoms with Gasteiger partial charge in [0.15, 0.2) is 0 Å². The summed E-state index contributed by atoms with van der Waals surface area (Å²) in [6.07, 6.45) is 3.13. The SMILES string of the molecule is CC(=O)N1C[C@H](C)N(C(=O)OC(C)(C)C)C[C@H]1c1cc(Cl)cc(-c2cnc3cccnc3c2)c1. The molecule has 1 aliphatic heterocycles. The molecule has 3 aromatic rings.